The van der Waals surface area contributed by atoms with E-state index in [1.54, 1.807) is 6.07 Å². The van der Waals surface area contributed by atoms with E-state index in [-0.39, 0.29) is 5.43 Å². The summed E-state index contributed by atoms with van der Waals surface area (Å²) in [4.78, 5) is 15.6. The molecule has 2 aromatic rings. The van der Waals surface area contributed by atoms with Crippen LogP contribution >= 0.6 is 0 Å². The zero-order valence-corrected chi connectivity index (χ0v) is 14.1. The van der Waals surface area contributed by atoms with Gasteiger partial charge in [-0.15, -0.1) is 0 Å². The predicted molar refractivity (Wildman–Crippen MR) is 96.7 cm³/mol. The fraction of sp³-hybridized carbons (Fsp3) is 0.550. The van der Waals surface area contributed by atoms with Gasteiger partial charge in [-0.1, -0.05) is 45.1 Å². The molecule has 0 spiro atoms. The molecule has 0 aliphatic heterocycles. The molecule has 3 nitrogen and oxygen atoms in total. The Hall–Kier alpha value is -1.61. The Morgan fingerprint density at radius 3 is 2.65 bits per heavy atom. The van der Waals surface area contributed by atoms with Crippen molar-refractivity contribution < 1.29 is 0 Å². The van der Waals surface area contributed by atoms with Gasteiger partial charge in [0.05, 0.1) is 0 Å². The molecule has 0 saturated heterocycles. The SMILES string of the molecule is CC1CCCCC(c2ccc3[nH]c(CN)cc(=O)c3c2)CCC1. The van der Waals surface area contributed by atoms with Crippen molar-refractivity contribution in [1.82, 2.24) is 4.98 Å². The molecule has 0 amide bonds. The topological polar surface area (TPSA) is 58.9 Å². The summed E-state index contributed by atoms with van der Waals surface area (Å²) in [5, 5.41) is 0.799. The van der Waals surface area contributed by atoms with Crippen LogP contribution < -0.4 is 11.2 Å². The van der Waals surface area contributed by atoms with Crippen LogP contribution in [0.25, 0.3) is 10.9 Å². The van der Waals surface area contributed by atoms with Crippen molar-refractivity contribution >= 4 is 10.9 Å². The summed E-state index contributed by atoms with van der Waals surface area (Å²) < 4.78 is 0. The number of aromatic nitrogens is 1. The molecule has 1 aliphatic carbocycles. The summed E-state index contributed by atoms with van der Waals surface area (Å²) in [5.74, 6) is 1.46. The first-order valence-electron chi connectivity index (χ1n) is 9.03. The monoisotopic (exact) mass is 312 g/mol. The maximum absolute atomic E-state index is 12.3. The van der Waals surface area contributed by atoms with Gasteiger partial charge in [0, 0.05) is 29.2 Å². The number of H-pyrrole nitrogens is 1. The number of nitrogens with two attached hydrogens (primary N) is 1. The summed E-state index contributed by atoms with van der Waals surface area (Å²) in [5.41, 5.74) is 8.76. The van der Waals surface area contributed by atoms with Gasteiger partial charge in [-0.3, -0.25) is 4.79 Å². The second-order valence-electron chi connectivity index (χ2n) is 7.19. The number of hydrogen-bond donors (Lipinski definition) is 2. The molecule has 3 N–H and O–H groups in total. The van der Waals surface area contributed by atoms with Crippen LogP contribution in [0.15, 0.2) is 29.1 Å². The first kappa shape index (κ1) is 16.3. The molecule has 3 rings (SSSR count). The fourth-order valence-electron chi connectivity index (χ4n) is 3.90. The lowest BCUT2D eigenvalue weighted by Crippen LogP contribution is -2.09. The molecule has 1 aromatic carbocycles. The zero-order chi connectivity index (χ0) is 16.2. The standard InChI is InChI=1S/C20H28N2O/c1-14-5-2-3-7-15(8-4-6-14)16-9-10-19-18(11-16)20(23)12-17(13-21)22-19/h9-12,14-15H,2-8,13,21H2,1H3,(H,22,23). The van der Waals surface area contributed by atoms with E-state index in [0.717, 1.165) is 22.5 Å². The third kappa shape index (κ3) is 3.84. The second kappa shape index (κ2) is 7.31. The summed E-state index contributed by atoms with van der Waals surface area (Å²) in [7, 11) is 0. The first-order valence-corrected chi connectivity index (χ1v) is 9.03. The van der Waals surface area contributed by atoms with Crippen LogP contribution in [0.4, 0.5) is 0 Å². The van der Waals surface area contributed by atoms with E-state index < -0.39 is 0 Å². The summed E-state index contributed by atoms with van der Waals surface area (Å²) >= 11 is 0. The van der Waals surface area contributed by atoms with Crippen LogP contribution in [0.2, 0.25) is 0 Å². The van der Waals surface area contributed by atoms with E-state index >= 15 is 0 Å². The summed E-state index contributed by atoms with van der Waals surface area (Å²) in [6, 6.07) is 8.00. The van der Waals surface area contributed by atoms with E-state index in [4.69, 9.17) is 5.73 Å². The Kier molecular flexibility index (Phi) is 5.16. The third-order valence-electron chi connectivity index (χ3n) is 5.35. The van der Waals surface area contributed by atoms with Crippen LogP contribution in [0.1, 0.15) is 69.0 Å². The van der Waals surface area contributed by atoms with Crippen molar-refractivity contribution in [1.29, 1.82) is 0 Å². The van der Waals surface area contributed by atoms with Crippen molar-refractivity contribution in [3.63, 3.8) is 0 Å². The van der Waals surface area contributed by atoms with E-state index in [1.807, 2.05) is 0 Å². The van der Waals surface area contributed by atoms with E-state index in [2.05, 4.69) is 30.1 Å². The molecule has 1 heterocycles. The van der Waals surface area contributed by atoms with Gasteiger partial charge >= 0.3 is 0 Å². The lowest BCUT2D eigenvalue weighted by atomic mass is 9.88. The molecule has 1 aliphatic rings. The van der Waals surface area contributed by atoms with Crippen LogP contribution in [0.5, 0.6) is 0 Å². The van der Waals surface area contributed by atoms with Gasteiger partial charge in [-0.05, 0) is 42.4 Å². The summed E-state index contributed by atoms with van der Waals surface area (Å²) in [6.45, 7) is 2.75. The van der Waals surface area contributed by atoms with Crippen LogP contribution in [0, 0.1) is 5.92 Å². The van der Waals surface area contributed by atoms with Gasteiger partial charge in [-0.2, -0.15) is 0 Å². The maximum atomic E-state index is 12.3. The van der Waals surface area contributed by atoms with Gasteiger partial charge in [0.2, 0.25) is 0 Å². The minimum Gasteiger partial charge on any atom is -0.357 e. The predicted octanol–water partition coefficient (Wildman–Crippen LogP) is 4.45. The molecule has 1 fully saturated rings. The van der Waals surface area contributed by atoms with E-state index in [1.165, 1.54) is 50.5 Å². The normalized spacial score (nSPS) is 23.2. The Bertz CT molecular complexity index is 719. The molecule has 124 valence electrons. The molecule has 23 heavy (non-hydrogen) atoms. The Labute approximate surface area is 138 Å². The average Bonchev–Trinajstić information content (AvgIpc) is 2.66. The highest BCUT2D eigenvalue weighted by atomic mass is 16.1. The van der Waals surface area contributed by atoms with Gasteiger partial charge in [0.15, 0.2) is 5.43 Å². The van der Waals surface area contributed by atoms with Crippen molar-refractivity contribution in [2.75, 3.05) is 0 Å². The highest BCUT2D eigenvalue weighted by Crippen LogP contribution is 2.32. The van der Waals surface area contributed by atoms with E-state index in [9.17, 15) is 4.79 Å². The Morgan fingerprint density at radius 2 is 1.83 bits per heavy atom. The molecule has 1 aromatic heterocycles. The minimum absolute atomic E-state index is 0.0812. The number of aromatic amines is 1. The van der Waals surface area contributed by atoms with Crippen LogP contribution in [-0.2, 0) is 6.54 Å². The van der Waals surface area contributed by atoms with Crippen LogP contribution in [0.3, 0.4) is 0 Å². The molecule has 0 bridgehead atoms. The van der Waals surface area contributed by atoms with Gasteiger partial charge in [0.25, 0.3) is 0 Å². The number of rotatable bonds is 2. The highest BCUT2D eigenvalue weighted by molar-refractivity contribution is 5.79. The lowest BCUT2D eigenvalue weighted by Gasteiger charge is -2.17. The van der Waals surface area contributed by atoms with Crippen molar-refractivity contribution in [2.45, 2.75) is 64.3 Å². The third-order valence-corrected chi connectivity index (χ3v) is 5.35. The Balaban J connectivity index is 1.89. The van der Waals surface area contributed by atoms with Crippen LogP contribution in [-0.4, -0.2) is 4.98 Å². The zero-order valence-electron chi connectivity index (χ0n) is 14.1. The van der Waals surface area contributed by atoms with E-state index in [0.29, 0.717) is 12.5 Å². The number of pyridine rings is 1. The van der Waals surface area contributed by atoms with Crippen molar-refractivity contribution in [2.24, 2.45) is 11.7 Å². The molecular weight excluding hydrogens is 284 g/mol. The molecular formula is C20H28N2O. The smallest absolute Gasteiger partial charge is 0.189 e. The van der Waals surface area contributed by atoms with Crippen molar-refractivity contribution in [3.8, 4) is 0 Å². The quantitative estimate of drug-likeness (QED) is 0.860. The maximum Gasteiger partial charge on any atom is 0.189 e. The second-order valence-corrected chi connectivity index (χ2v) is 7.19. The number of fused-ring (bicyclic) bond motifs is 1. The molecule has 0 radical (unpaired) electrons. The number of hydrogen-bond acceptors (Lipinski definition) is 2. The molecule has 3 heteroatoms. The fourth-order valence-corrected chi connectivity index (χ4v) is 3.90. The minimum atomic E-state index is 0.0812. The highest BCUT2D eigenvalue weighted by Gasteiger charge is 2.16. The first-order chi connectivity index (χ1) is 11.2. The van der Waals surface area contributed by atoms with Crippen molar-refractivity contribution in [3.05, 3.63) is 45.7 Å². The van der Waals surface area contributed by atoms with Gasteiger partial charge in [0.1, 0.15) is 0 Å². The number of nitrogens with one attached hydrogen (secondary N) is 1. The Morgan fingerprint density at radius 1 is 1.09 bits per heavy atom. The van der Waals surface area contributed by atoms with Gasteiger partial charge < -0.3 is 10.7 Å². The average molecular weight is 312 g/mol. The number of benzene rings is 1. The molecule has 2 unspecified atom stereocenters. The summed E-state index contributed by atoms with van der Waals surface area (Å²) in [6.07, 6.45) is 9.13. The van der Waals surface area contributed by atoms with Gasteiger partial charge in [-0.25, -0.2) is 0 Å². The molecule has 2 atom stereocenters. The largest absolute Gasteiger partial charge is 0.357 e. The lowest BCUT2D eigenvalue weighted by molar-refractivity contribution is 0.462. The molecule has 1 saturated carbocycles.